The minimum atomic E-state index is 0.373. The zero-order valence-electron chi connectivity index (χ0n) is 11.2. The first kappa shape index (κ1) is 12.1. The van der Waals surface area contributed by atoms with Crippen LogP contribution < -0.4 is 0 Å². The quantitative estimate of drug-likeness (QED) is 0.552. The van der Waals surface area contributed by atoms with Gasteiger partial charge in [-0.15, -0.1) is 11.3 Å². The van der Waals surface area contributed by atoms with Crippen molar-refractivity contribution in [1.82, 2.24) is 9.38 Å². The van der Waals surface area contributed by atoms with Crippen molar-refractivity contribution in [2.45, 2.75) is 6.42 Å². The van der Waals surface area contributed by atoms with E-state index in [2.05, 4.69) is 51.2 Å². The maximum atomic E-state index is 8.95. The molecule has 0 atom stereocenters. The molecule has 0 spiro atoms. The van der Waals surface area contributed by atoms with Crippen molar-refractivity contribution < 1.29 is 0 Å². The molecule has 2 aromatic heterocycles. The number of nitriles is 1. The number of thiazole rings is 1. The molecule has 4 heteroatoms. The molecule has 21 heavy (non-hydrogen) atoms. The molecular formula is C17H11N3S. The van der Waals surface area contributed by atoms with E-state index in [0.717, 1.165) is 21.9 Å². The Hall–Kier alpha value is -2.64. The van der Waals surface area contributed by atoms with Crippen LogP contribution in [0.5, 0.6) is 0 Å². The molecule has 100 valence electrons. The number of imidazole rings is 1. The van der Waals surface area contributed by atoms with Gasteiger partial charge in [0.25, 0.3) is 0 Å². The van der Waals surface area contributed by atoms with E-state index in [-0.39, 0.29) is 0 Å². The highest BCUT2D eigenvalue weighted by Gasteiger charge is 2.11. The van der Waals surface area contributed by atoms with Crippen molar-refractivity contribution in [3.05, 3.63) is 59.7 Å². The Morgan fingerprint density at radius 2 is 2.00 bits per heavy atom. The average Bonchev–Trinajstić information content (AvgIpc) is 3.10. The van der Waals surface area contributed by atoms with Gasteiger partial charge in [-0.2, -0.15) is 5.26 Å². The van der Waals surface area contributed by atoms with Gasteiger partial charge in [0, 0.05) is 10.9 Å². The Morgan fingerprint density at radius 3 is 2.86 bits per heavy atom. The largest absolute Gasteiger partial charge is 0.286 e. The molecular weight excluding hydrogens is 278 g/mol. The molecule has 2 aromatic carbocycles. The summed E-state index contributed by atoms with van der Waals surface area (Å²) in [4.78, 5) is 5.31. The van der Waals surface area contributed by atoms with Crippen molar-refractivity contribution in [2.75, 3.05) is 0 Å². The number of rotatable bonds is 2. The normalized spacial score (nSPS) is 11.0. The molecule has 0 radical (unpaired) electrons. The van der Waals surface area contributed by atoms with E-state index in [1.807, 2.05) is 12.1 Å². The number of fused-ring (bicyclic) bond motifs is 2. The Balaban J connectivity index is 1.95. The third-order valence-electron chi connectivity index (χ3n) is 3.62. The molecule has 4 aromatic rings. The highest BCUT2D eigenvalue weighted by Crippen LogP contribution is 2.29. The average molecular weight is 289 g/mol. The van der Waals surface area contributed by atoms with Gasteiger partial charge in [-0.1, -0.05) is 36.4 Å². The van der Waals surface area contributed by atoms with E-state index in [9.17, 15) is 0 Å². The Bertz CT molecular complexity index is 988. The molecule has 0 aliphatic rings. The molecule has 0 N–H and O–H groups in total. The number of hydrogen-bond donors (Lipinski definition) is 0. The highest BCUT2D eigenvalue weighted by atomic mass is 32.1. The lowest BCUT2D eigenvalue weighted by atomic mass is 10.1. The Morgan fingerprint density at radius 1 is 1.14 bits per heavy atom. The van der Waals surface area contributed by atoms with Crippen LogP contribution in [-0.4, -0.2) is 9.38 Å². The summed E-state index contributed by atoms with van der Waals surface area (Å²) in [7, 11) is 0. The van der Waals surface area contributed by atoms with Crippen LogP contribution in [0.15, 0.2) is 54.0 Å². The zero-order valence-corrected chi connectivity index (χ0v) is 12.0. The van der Waals surface area contributed by atoms with Crippen molar-refractivity contribution in [3.8, 4) is 17.3 Å². The first-order valence-electron chi connectivity index (χ1n) is 6.67. The molecule has 0 aliphatic carbocycles. The van der Waals surface area contributed by atoms with Crippen LogP contribution in [0.25, 0.3) is 27.0 Å². The van der Waals surface area contributed by atoms with Gasteiger partial charge in [-0.25, -0.2) is 4.98 Å². The Kier molecular flexibility index (Phi) is 2.73. The SMILES string of the molecule is N#CCc1cnc2scc(-c3ccc4ccccc4c3)n12. The minimum absolute atomic E-state index is 0.373. The molecule has 0 amide bonds. The van der Waals surface area contributed by atoms with Crippen LogP contribution in [0.3, 0.4) is 0 Å². The molecule has 0 bridgehead atoms. The first-order valence-corrected chi connectivity index (χ1v) is 7.55. The zero-order chi connectivity index (χ0) is 14.2. The third kappa shape index (κ3) is 1.91. The fraction of sp³-hybridized carbons (Fsp3) is 0.0588. The fourth-order valence-electron chi connectivity index (χ4n) is 2.62. The topological polar surface area (TPSA) is 41.1 Å². The lowest BCUT2D eigenvalue weighted by molar-refractivity contribution is 1.08. The maximum Gasteiger partial charge on any atom is 0.194 e. The second kappa shape index (κ2) is 4.72. The minimum Gasteiger partial charge on any atom is -0.286 e. The maximum absolute atomic E-state index is 8.95. The van der Waals surface area contributed by atoms with Gasteiger partial charge in [0.15, 0.2) is 4.96 Å². The highest BCUT2D eigenvalue weighted by molar-refractivity contribution is 7.15. The van der Waals surface area contributed by atoms with Crippen LogP contribution in [0.4, 0.5) is 0 Å². The lowest BCUT2D eigenvalue weighted by Gasteiger charge is -2.04. The van der Waals surface area contributed by atoms with Crippen molar-refractivity contribution in [1.29, 1.82) is 5.26 Å². The summed E-state index contributed by atoms with van der Waals surface area (Å²) in [5.41, 5.74) is 3.19. The summed E-state index contributed by atoms with van der Waals surface area (Å²) in [5, 5.41) is 13.5. The van der Waals surface area contributed by atoms with Crippen molar-refractivity contribution >= 4 is 27.1 Å². The van der Waals surface area contributed by atoms with Gasteiger partial charge in [-0.3, -0.25) is 4.40 Å². The molecule has 0 unspecified atom stereocenters. The predicted molar refractivity (Wildman–Crippen MR) is 85.3 cm³/mol. The number of aromatic nitrogens is 2. The molecule has 0 aliphatic heterocycles. The number of nitrogens with zero attached hydrogens (tertiary/aromatic N) is 3. The van der Waals surface area contributed by atoms with E-state index >= 15 is 0 Å². The van der Waals surface area contributed by atoms with Crippen LogP contribution in [0.1, 0.15) is 5.69 Å². The fourth-order valence-corrected chi connectivity index (χ4v) is 3.51. The Labute approximate surface area is 125 Å². The molecule has 4 rings (SSSR count). The van der Waals surface area contributed by atoms with Crippen LogP contribution in [-0.2, 0) is 6.42 Å². The molecule has 2 heterocycles. The van der Waals surface area contributed by atoms with Crippen molar-refractivity contribution in [2.24, 2.45) is 0 Å². The van der Waals surface area contributed by atoms with Gasteiger partial charge in [0.1, 0.15) is 0 Å². The number of benzene rings is 2. The summed E-state index contributed by atoms with van der Waals surface area (Å²) in [5.74, 6) is 0. The summed E-state index contributed by atoms with van der Waals surface area (Å²) in [6.07, 6.45) is 2.16. The van der Waals surface area contributed by atoms with Gasteiger partial charge < -0.3 is 0 Å². The van der Waals surface area contributed by atoms with Crippen LogP contribution in [0, 0.1) is 11.3 Å². The number of hydrogen-bond acceptors (Lipinski definition) is 3. The molecule has 0 saturated carbocycles. The van der Waals surface area contributed by atoms with Crippen molar-refractivity contribution in [3.63, 3.8) is 0 Å². The van der Waals surface area contributed by atoms with E-state index in [0.29, 0.717) is 6.42 Å². The van der Waals surface area contributed by atoms with Crippen LogP contribution in [0.2, 0.25) is 0 Å². The summed E-state index contributed by atoms with van der Waals surface area (Å²) in [6.45, 7) is 0. The first-order chi connectivity index (χ1) is 10.4. The summed E-state index contributed by atoms with van der Waals surface area (Å²) < 4.78 is 2.08. The van der Waals surface area contributed by atoms with E-state index in [1.165, 1.54) is 10.8 Å². The molecule has 0 saturated heterocycles. The van der Waals surface area contributed by atoms with Gasteiger partial charge in [0.2, 0.25) is 0 Å². The third-order valence-corrected chi connectivity index (χ3v) is 4.46. The second-order valence-corrected chi connectivity index (χ2v) is 5.72. The summed E-state index contributed by atoms with van der Waals surface area (Å²) >= 11 is 1.60. The molecule has 0 fully saturated rings. The van der Waals surface area contributed by atoms with E-state index in [1.54, 1.807) is 17.5 Å². The monoisotopic (exact) mass is 289 g/mol. The van der Waals surface area contributed by atoms with Gasteiger partial charge >= 0.3 is 0 Å². The van der Waals surface area contributed by atoms with Gasteiger partial charge in [-0.05, 0) is 16.8 Å². The van der Waals surface area contributed by atoms with E-state index in [4.69, 9.17) is 5.26 Å². The van der Waals surface area contributed by atoms with E-state index < -0.39 is 0 Å². The second-order valence-electron chi connectivity index (χ2n) is 4.89. The smallest absolute Gasteiger partial charge is 0.194 e. The van der Waals surface area contributed by atoms with Gasteiger partial charge in [0.05, 0.1) is 30.1 Å². The predicted octanol–water partition coefficient (Wildman–Crippen LogP) is 4.28. The lowest BCUT2D eigenvalue weighted by Crippen LogP contribution is -1.92. The summed E-state index contributed by atoms with van der Waals surface area (Å²) in [6, 6.07) is 17.0. The standard InChI is InChI=1S/C17H11N3S/c18-8-7-15-10-19-17-20(15)16(11-21-17)14-6-5-12-3-1-2-4-13(12)9-14/h1-6,9-11H,7H2. The van der Waals surface area contributed by atoms with Crippen LogP contribution >= 0.6 is 11.3 Å². The molecule has 3 nitrogen and oxygen atoms in total.